The third kappa shape index (κ3) is 9.51. The predicted molar refractivity (Wildman–Crippen MR) is 205 cm³/mol. The average molecular weight is 754 g/mol. The van der Waals surface area contributed by atoms with E-state index in [2.05, 4.69) is 33.4 Å². The van der Waals surface area contributed by atoms with E-state index in [0.717, 1.165) is 22.3 Å². The van der Waals surface area contributed by atoms with Crippen LogP contribution in [0.2, 0.25) is 0 Å². The van der Waals surface area contributed by atoms with Gasteiger partial charge in [0.25, 0.3) is 0 Å². The molecule has 0 radical (unpaired) electrons. The molecule has 3 aromatic rings. The first-order valence-corrected chi connectivity index (χ1v) is 18.7. The number of alkyl carbamates (subject to hydrolysis) is 1. The van der Waals surface area contributed by atoms with E-state index in [1.54, 1.807) is 44.2 Å². The van der Waals surface area contributed by atoms with Gasteiger partial charge in [0.15, 0.2) is 0 Å². The first-order chi connectivity index (χ1) is 26.3. The van der Waals surface area contributed by atoms with Crippen molar-refractivity contribution >= 4 is 35.7 Å². The number of carbonyl (C=O) groups is 6. The highest BCUT2D eigenvalue weighted by molar-refractivity contribution is 6.02. The number of likely N-dealkylation sites (tertiary alicyclic amines) is 1. The van der Waals surface area contributed by atoms with Gasteiger partial charge in [-0.2, -0.15) is 0 Å². The number of β-lactam (4-membered cyclic amide) rings is 1. The minimum atomic E-state index is -1.17. The van der Waals surface area contributed by atoms with Crippen LogP contribution in [-0.4, -0.2) is 85.0 Å². The minimum absolute atomic E-state index is 0.0395. The fourth-order valence-electron chi connectivity index (χ4n) is 7.21. The molecule has 1 aliphatic heterocycles. The Morgan fingerprint density at radius 1 is 0.782 bits per heavy atom. The predicted octanol–water partition coefficient (Wildman–Crippen LogP) is 4.22. The number of esters is 1. The molecule has 5 amide bonds. The van der Waals surface area contributed by atoms with Gasteiger partial charge in [-0.3, -0.25) is 19.2 Å². The van der Waals surface area contributed by atoms with Crippen molar-refractivity contribution in [3.05, 3.63) is 95.6 Å². The zero-order valence-corrected chi connectivity index (χ0v) is 32.2. The van der Waals surface area contributed by atoms with Crippen molar-refractivity contribution in [2.24, 2.45) is 11.8 Å². The van der Waals surface area contributed by atoms with Gasteiger partial charge in [-0.15, -0.1) is 0 Å². The van der Waals surface area contributed by atoms with Crippen LogP contribution >= 0.6 is 0 Å². The smallest absolute Gasteiger partial charge is 0.407 e. The van der Waals surface area contributed by atoms with Gasteiger partial charge < -0.3 is 35.6 Å². The number of hydrogen-bond acceptors (Lipinski definition) is 8. The van der Waals surface area contributed by atoms with Gasteiger partial charge in [-0.25, -0.2) is 9.59 Å². The van der Waals surface area contributed by atoms with Crippen molar-refractivity contribution in [3.63, 3.8) is 0 Å². The van der Waals surface area contributed by atoms with Crippen LogP contribution < -0.4 is 21.3 Å². The maximum Gasteiger partial charge on any atom is 0.407 e. The number of ether oxygens (including phenoxy) is 2. The first-order valence-electron chi connectivity index (χ1n) is 18.7. The Labute approximate surface area is 321 Å². The van der Waals surface area contributed by atoms with Crippen LogP contribution in [0, 0.1) is 11.8 Å². The molecule has 13 nitrogen and oxygen atoms in total. The van der Waals surface area contributed by atoms with Crippen molar-refractivity contribution in [1.82, 2.24) is 26.2 Å². The van der Waals surface area contributed by atoms with Crippen LogP contribution in [0.4, 0.5) is 4.79 Å². The summed E-state index contributed by atoms with van der Waals surface area (Å²) < 4.78 is 10.6. The maximum atomic E-state index is 14.0. The highest BCUT2D eigenvalue weighted by Crippen LogP contribution is 2.44. The summed E-state index contributed by atoms with van der Waals surface area (Å²) in [6.45, 7) is 9.15. The number of nitrogens with zero attached hydrogens (tertiary/aromatic N) is 1. The van der Waals surface area contributed by atoms with E-state index >= 15 is 0 Å². The molecular weight excluding hydrogens is 702 g/mol. The Hall–Kier alpha value is -5.72. The van der Waals surface area contributed by atoms with Gasteiger partial charge in [0.1, 0.15) is 30.8 Å². The number of fused-ring (bicyclic) bond motifs is 3. The number of methoxy groups -OCH3 is 1. The monoisotopic (exact) mass is 753 g/mol. The standard InChI is InChI=1S/C42H51N5O8/c1-24(2)20-28(45-42(53)55-23-33-31-18-12-10-16-29(31)30-17-11-13-19-32(30)33)22-43-40(51)37(27-14-8-7-9-15-27)47-34(21-35(47)48)39(50)44-26(5)38(49)46-36(25(3)4)41(52)54-6/h7-19,24-26,28,33-34,36-37H,20-23H2,1-6H3,(H,43,51)(H,44,50)(H,45,53)(H,46,49)/t26-,28-,34+,36-,37?/m0/s1. The van der Waals surface area contributed by atoms with Crippen LogP contribution in [-0.2, 0) is 33.4 Å². The molecule has 0 aromatic heterocycles. The third-order valence-corrected chi connectivity index (χ3v) is 10.1. The van der Waals surface area contributed by atoms with Crippen LogP contribution in [0.1, 0.15) is 76.1 Å². The molecule has 0 saturated carbocycles. The summed E-state index contributed by atoms with van der Waals surface area (Å²) in [5.41, 5.74) is 4.92. The lowest BCUT2D eigenvalue weighted by Gasteiger charge is -2.44. The molecule has 1 saturated heterocycles. The van der Waals surface area contributed by atoms with Crippen molar-refractivity contribution in [2.45, 2.75) is 83.6 Å². The van der Waals surface area contributed by atoms with Crippen molar-refractivity contribution < 1.29 is 38.2 Å². The lowest BCUT2D eigenvalue weighted by atomic mass is 9.93. The SMILES string of the molecule is COC(=O)[C@@H](NC(=O)[C@H](C)NC(=O)[C@H]1CC(=O)N1C(C(=O)NC[C@H](CC(C)C)NC(=O)OCC1c2ccccc2-c2ccccc21)c1ccccc1)C(C)C. The average Bonchev–Trinajstić information content (AvgIpc) is 3.48. The molecule has 1 fully saturated rings. The Bertz CT molecular complexity index is 1840. The second-order valence-electron chi connectivity index (χ2n) is 14.9. The van der Waals surface area contributed by atoms with E-state index in [1.165, 1.54) is 18.9 Å². The maximum absolute atomic E-state index is 14.0. The summed E-state index contributed by atoms with van der Waals surface area (Å²) in [6.07, 6.45) is -0.241. The molecule has 5 rings (SSSR count). The molecule has 55 heavy (non-hydrogen) atoms. The molecule has 1 aliphatic carbocycles. The number of carbonyl (C=O) groups excluding carboxylic acids is 6. The zero-order valence-electron chi connectivity index (χ0n) is 32.2. The number of rotatable bonds is 16. The zero-order chi connectivity index (χ0) is 39.8. The molecule has 0 bridgehead atoms. The summed E-state index contributed by atoms with van der Waals surface area (Å²) >= 11 is 0. The summed E-state index contributed by atoms with van der Waals surface area (Å²) in [6, 6.07) is 20.1. The molecule has 1 unspecified atom stereocenters. The highest BCUT2D eigenvalue weighted by atomic mass is 16.5. The molecular formula is C42H51N5O8. The van der Waals surface area contributed by atoms with Crippen LogP contribution in [0.25, 0.3) is 11.1 Å². The van der Waals surface area contributed by atoms with Gasteiger partial charge in [-0.05, 0) is 53.0 Å². The quantitative estimate of drug-likeness (QED) is 0.124. The summed E-state index contributed by atoms with van der Waals surface area (Å²) in [5.74, 6) is -3.00. The van der Waals surface area contributed by atoms with Crippen molar-refractivity contribution in [1.29, 1.82) is 0 Å². The lowest BCUT2D eigenvalue weighted by molar-refractivity contribution is -0.161. The number of amides is 5. The Balaban J connectivity index is 1.23. The normalized spacial score (nSPS) is 16.8. The minimum Gasteiger partial charge on any atom is -0.467 e. The van der Waals surface area contributed by atoms with Gasteiger partial charge in [0.05, 0.1) is 13.5 Å². The summed E-state index contributed by atoms with van der Waals surface area (Å²) in [5, 5.41) is 11.1. The van der Waals surface area contributed by atoms with Crippen LogP contribution in [0.5, 0.6) is 0 Å². The molecule has 1 heterocycles. The summed E-state index contributed by atoms with van der Waals surface area (Å²) in [7, 11) is 1.22. The molecule has 292 valence electrons. The van der Waals surface area contributed by atoms with E-state index in [0.29, 0.717) is 12.0 Å². The van der Waals surface area contributed by atoms with Gasteiger partial charge in [-0.1, -0.05) is 107 Å². The molecule has 13 heteroatoms. The second-order valence-corrected chi connectivity index (χ2v) is 14.9. The van der Waals surface area contributed by atoms with E-state index in [-0.39, 0.29) is 37.3 Å². The molecule has 5 atom stereocenters. The molecule has 0 spiro atoms. The second kappa shape index (κ2) is 18.1. The van der Waals surface area contributed by atoms with E-state index in [1.807, 2.05) is 50.2 Å². The van der Waals surface area contributed by atoms with Crippen LogP contribution in [0.3, 0.4) is 0 Å². The van der Waals surface area contributed by atoms with Gasteiger partial charge >= 0.3 is 12.1 Å². The third-order valence-electron chi connectivity index (χ3n) is 10.1. The number of nitrogens with one attached hydrogen (secondary N) is 4. The Morgan fingerprint density at radius 3 is 1.95 bits per heavy atom. The van der Waals surface area contributed by atoms with Crippen LogP contribution in [0.15, 0.2) is 78.9 Å². The molecule has 4 N–H and O–H groups in total. The van der Waals surface area contributed by atoms with E-state index < -0.39 is 65.9 Å². The lowest BCUT2D eigenvalue weighted by Crippen LogP contribution is -2.64. The fraction of sp³-hybridized carbons (Fsp3) is 0.429. The Morgan fingerprint density at radius 2 is 1.38 bits per heavy atom. The molecule has 2 aliphatic rings. The number of benzene rings is 3. The highest BCUT2D eigenvalue weighted by Gasteiger charge is 2.48. The summed E-state index contributed by atoms with van der Waals surface area (Å²) in [4.78, 5) is 80.2. The first kappa shape index (κ1) is 40.5. The largest absolute Gasteiger partial charge is 0.467 e. The number of hydrogen-bond donors (Lipinski definition) is 4. The van der Waals surface area contributed by atoms with Gasteiger partial charge in [0, 0.05) is 18.5 Å². The van der Waals surface area contributed by atoms with E-state index in [4.69, 9.17) is 9.47 Å². The van der Waals surface area contributed by atoms with Crippen molar-refractivity contribution in [3.8, 4) is 11.1 Å². The topological polar surface area (TPSA) is 172 Å². The fourth-order valence-corrected chi connectivity index (χ4v) is 7.21. The van der Waals surface area contributed by atoms with Crippen molar-refractivity contribution in [2.75, 3.05) is 20.3 Å². The molecule has 3 aromatic carbocycles. The van der Waals surface area contributed by atoms with E-state index in [9.17, 15) is 28.8 Å². The Kier molecular flexibility index (Phi) is 13.3. The van der Waals surface area contributed by atoms with Gasteiger partial charge in [0.2, 0.25) is 23.6 Å².